The molecule has 3 amide bonds. The number of hydrogen-bond acceptors (Lipinski definition) is 3. The minimum absolute atomic E-state index is 0.0433. The van der Waals surface area contributed by atoms with Crippen LogP contribution in [0.1, 0.15) is 46.0 Å². The molecule has 0 aromatic rings. The van der Waals surface area contributed by atoms with E-state index in [1.807, 2.05) is 0 Å². The van der Waals surface area contributed by atoms with Crippen LogP contribution in [0, 0.1) is 11.8 Å². The predicted molar refractivity (Wildman–Crippen MR) is 77.5 cm³/mol. The molecule has 2 unspecified atom stereocenters. The van der Waals surface area contributed by atoms with E-state index in [0.29, 0.717) is 11.8 Å². The summed E-state index contributed by atoms with van der Waals surface area (Å²) in [4.78, 5) is 33.7. The number of carbonyl (C=O) groups is 3. The van der Waals surface area contributed by atoms with Crippen molar-refractivity contribution >= 4 is 17.9 Å². The zero-order chi connectivity index (χ0) is 16.0. The Morgan fingerprint density at radius 3 is 2.38 bits per heavy atom. The standard InChI is InChI=1S/C14H25N3O4/c1-8(2)9-5-3-4-6-10(9)16-14(21)17-11(13(19)20)7-12(15)18/h8-11H,3-7H2,1-2H3,(H2,15,18)(H,19,20)(H2,16,17,21)/t9?,10?,11-/m0/s1. The molecule has 0 bridgehead atoms. The summed E-state index contributed by atoms with van der Waals surface area (Å²) in [5.41, 5.74) is 4.98. The number of primary amides is 1. The zero-order valence-corrected chi connectivity index (χ0v) is 12.6. The maximum absolute atomic E-state index is 11.9. The van der Waals surface area contributed by atoms with E-state index in [1.165, 1.54) is 0 Å². The first-order chi connectivity index (χ1) is 9.81. The second-order valence-electron chi connectivity index (χ2n) is 5.98. The van der Waals surface area contributed by atoms with E-state index < -0.39 is 30.4 Å². The van der Waals surface area contributed by atoms with E-state index in [9.17, 15) is 14.4 Å². The molecule has 0 saturated heterocycles. The van der Waals surface area contributed by atoms with Gasteiger partial charge in [-0.3, -0.25) is 4.79 Å². The summed E-state index contributed by atoms with van der Waals surface area (Å²) in [6.45, 7) is 4.24. The summed E-state index contributed by atoms with van der Waals surface area (Å²) >= 11 is 0. The number of carbonyl (C=O) groups excluding carboxylic acids is 2. The summed E-state index contributed by atoms with van der Waals surface area (Å²) in [5, 5.41) is 14.1. The Kier molecular flexibility index (Phi) is 6.45. The molecule has 1 aliphatic rings. The van der Waals surface area contributed by atoms with Gasteiger partial charge in [-0.15, -0.1) is 0 Å². The van der Waals surface area contributed by atoms with Gasteiger partial charge in [0.1, 0.15) is 6.04 Å². The number of rotatable bonds is 6. The second kappa shape index (κ2) is 7.85. The summed E-state index contributed by atoms with van der Waals surface area (Å²) in [6.07, 6.45) is 3.75. The topological polar surface area (TPSA) is 122 Å². The Morgan fingerprint density at radius 2 is 1.86 bits per heavy atom. The van der Waals surface area contributed by atoms with Crippen molar-refractivity contribution in [3.05, 3.63) is 0 Å². The first-order valence-electron chi connectivity index (χ1n) is 7.39. The third-order valence-electron chi connectivity index (χ3n) is 4.00. The second-order valence-corrected chi connectivity index (χ2v) is 5.98. The number of carboxylic acids is 1. The smallest absolute Gasteiger partial charge is 0.326 e. The molecule has 1 fully saturated rings. The molecule has 0 radical (unpaired) electrons. The van der Waals surface area contributed by atoms with Crippen LogP contribution in [-0.2, 0) is 9.59 Å². The van der Waals surface area contributed by atoms with Crippen molar-refractivity contribution in [3.8, 4) is 0 Å². The molecule has 0 aromatic carbocycles. The van der Waals surface area contributed by atoms with Crippen LogP contribution in [0.25, 0.3) is 0 Å². The fourth-order valence-electron chi connectivity index (χ4n) is 2.91. The number of nitrogens with one attached hydrogen (secondary N) is 2. The Morgan fingerprint density at radius 1 is 1.24 bits per heavy atom. The molecule has 1 saturated carbocycles. The van der Waals surface area contributed by atoms with E-state index >= 15 is 0 Å². The molecule has 7 heteroatoms. The Bertz CT molecular complexity index is 398. The number of carboxylic acid groups (broad SMARTS) is 1. The summed E-state index contributed by atoms with van der Waals surface area (Å²) in [5.74, 6) is -1.19. The minimum atomic E-state index is -1.29. The lowest BCUT2D eigenvalue weighted by molar-refractivity contribution is -0.140. The maximum atomic E-state index is 11.9. The van der Waals surface area contributed by atoms with E-state index in [1.54, 1.807) is 0 Å². The van der Waals surface area contributed by atoms with Gasteiger partial charge in [-0.1, -0.05) is 26.7 Å². The lowest BCUT2D eigenvalue weighted by Crippen LogP contribution is -2.52. The molecule has 21 heavy (non-hydrogen) atoms. The van der Waals surface area contributed by atoms with Crippen LogP contribution in [-0.4, -0.2) is 35.1 Å². The highest BCUT2D eigenvalue weighted by atomic mass is 16.4. The predicted octanol–water partition coefficient (Wildman–Crippen LogP) is 0.829. The average molecular weight is 299 g/mol. The van der Waals surface area contributed by atoms with E-state index in [4.69, 9.17) is 10.8 Å². The highest BCUT2D eigenvalue weighted by Gasteiger charge is 2.30. The fraction of sp³-hybridized carbons (Fsp3) is 0.786. The molecule has 0 aromatic heterocycles. The van der Waals surface area contributed by atoms with Crippen LogP contribution in [0.5, 0.6) is 0 Å². The normalized spacial score (nSPS) is 23.4. The molecule has 0 spiro atoms. The van der Waals surface area contributed by atoms with Gasteiger partial charge >= 0.3 is 12.0 Å². The summed E-state index contributed by atoms with van der Waals surface area (Å²) in [6, 6.07) is -1.80. The Hall–Kier alpha value is -1.79. The van der Waals surface area contributed by atoms with Crippen molar-refractivity contribution in [3.63, 3.8) is 0 Å². The molecule has 1 rings (SSSR count). The van der Waals surface area contributed by atoms with Gasteiger partial charge in [0, 0.05) is 6.04 Å². The van der Waals surface area contributed by atoms with Gasteiger partial charge in [0.25, 0.3) is 0 Å². The highest BCUT2D eigenvalue weighted by molar-refractivity contribution is 5.87. The van der Waals surface area contributed by atoms with Crippen molar-refractivity contribution in [2.45, 2.75) is 58.0 Å². The van der Waals surface area contributed by atoms with E-state index in [0.717, 1.165) is 25.7 Å². The third-order valence-corrected chi connectivity index (χ3v) is 4.00. The van der Waals surface area contributed by atoms with Gasteiger partial charge in [-0.25, -0.2) is 9.59 Å². The van der Waals surface area contributed by atoms with E-state index in [-0.39, 0.29) is 6.04 Å². The van der Waals surface area contributed by atoms with Gasteiger partial charge in [-0.2, -0.15) is 0 Å². The van der Waals surface area contributed by atoms with Crippen LogP contribution in [0.4, 0.5) is 4.79 Å². The van der Waals surface area contributed by atoms with Gasteiger partial charge in [-0.05, 0) is 24.7 Å². The zero-order valence-electron chi connectivity index (χ0n) is 12.6. The van der Waals surface area contributed by atoms with Crippen LogP contribution < -0.4 is 16.4 Å². The number of urea groups is 1. The van der Waals surface area contributed by atoms with Crippen LogP contribution >= 0.6 is 0 Å². The largest absolute Gasteiger partial charge is 0.480 e. The molecule has 5 N–H and O–H groups in total. The number of nitrogens with two attached hydrogens (primary N) is 1. The highest BCUT2D eigenvalue weighted by Crippen LogP contribution is 2.30. The summed E-state index contributed by atoms with van der Waals surface area (Å²) in [7, 11) is 0. The quantitative estimate of drug-likeness (QED) is 0.580. The number of hydrogen-bond donors (Lipinski definition) is 4. The van der Waals surface area contributed by atoms with Gasteiger partial charge < -0.3 is 21.5 Å². The van der Waals surface area contributed by atoms with Crippen LogP contribution in [0.3, 0.4) is 0 Å². The first kappa shape index (κ1) is 17.3. The average Bonchev–Trinajstić information content (AvgIpc) is 2.37. The SMILES string of the molecule is CC(C)C1CCCCC1NC(=O)N[C@@H](CC(N)=O)C(=O)O. The van der Waals surface area contributed by atoms with Crippen molar-refractivity contribution < 1.29 is 19.5 Å². The molecule has 7 nitrogen and oxygen atoms in total. The molecular formula is C14H25N3O4. The molecule has 3 atom stereocenters. The third kappa shape index (κ3) is 5.61. The Balaban J connectivity index is 2.57. The van der Waals surface area contributed by atoms with Gasteiger partial charge in [0.05, 0.1) is 6.42 Å². The van der Waals surface area contributed by atoms with Crippen molar-refractivity contribution in [2.24, 2.45) is 17.6 Å². The fourth-order valence-corrected chi connectivity index (χ4v) is 2.91. The maximum Gasteiger partial charge on any atom is 0.326 e. The van der Waals surface area contributed by atoms with Gasteiger partial charge in [0.15, 0.2) is 0 Å². The molecule has 0 aliphatic heterocycles. The van der Waals surface area contributed by atoms with Crippen molar-refractivity contribution in [1.29, 1.82) is 0 Å². The molecular weight excluding hydrogens is 274 g/mol. The number of amides is 3. The molecule has 120 valence electrons. The monoisotopic (exact) mass is 299 g/mol. The lowest BCUT2D eigenvalue weighted by atomic mass is 9.78. The number of aliphatic carboxylic acids is 1. The first-order valence-corrected chi connectivity index (χ1v) is 7.39. The molecule has 0 heterocycles. The van der Waals surface area contributed by atoms with Crippen molar-refractivity contribution in [1.82, 2.24) is 10.6 Å². The van der Waals surface area contributed by atoms with E-state index in [2.05, 4.69) is 24.5 Å². The van der Waals surface area contributed by atoms with Gasteiger partial charge in [0.2, 0.25) is 5.91 Å². The van der Waals surface area contributed by atoms with Crippen LogP contribution in [0.15, 0.2) is 0 Å². The van der Waals surface area contributed by atoms with Crippen molar-refractivity contribution in [2.75, 3.05) is 0 Å². The minimum Gasteiger partial charge on any atom is -0.480 e. The summed E-state index contributed by atoms with van der Waals surface area (Å²) < 4.78 is 0. The molecule has 1 aliphatic carbocycles. The Labute approximate surface area is 124 Å². The van der Waals surface area contributed by atoms with Crippen LogP contribution in [0.2, 0.25) is 0 Å². The lowest BCUT2D eigenvalue weighted by Gasteiger charge is -2.35.